The fourth-order valence-electron chi connectivity index (χ4n) is 2.59. The number of hydrogen-bond acceptors (Lipinski definition) is 3. The van der Waals surface area contributed by atoms with E-state index in [2.05, 4.69) is 24.0 Å². The van der Waals surface area contributed by atoms with E-state index in [1.54, 1.807) is 0 Å². The molecule has 2 aromatic carbocycles. The van der Waals surface area contributed by atoms with E-state index in [0.717, 1.165) is 24.4 Å². The Morgan fingerprint density at radius 3 is 2.22 bits per heavy atom. The molecule has 23 heavy (non-hydrogen) atoms. The average Bonchev–Trinajstić information content (AvgIpc) is 2.56. The molecule has 0 fully saturated rings. The summed E-state index contributed by atoms with van der Waals surface area (Å²) in [5.41, 5.74) is 2.13. The molecule has 2 aromatic rings. The molecule has 0 aliphatic heterocycles. The first-order chi connectivity index (χ1) is 11.1. The van der Waals surface area contributed by atoms with E-state index in [1.807, 2.05) is 56.3 Å². The first-order valence-electron chi connectivity index (χ1n) is 8.34. The van der Waals surface area contributed by atoms with Crippen molar-refractivity contribution >= 4 is 5.69 Å². The van der Waals surface area contributed by atoms with Gasteiger partial charge in [-0.2, -0.15) is 0 Å². The summed E-state index contributed by atoms with van der Waals surface area (Å²) in [6.45, 7) is 7.90. The van der Waals surface area contributed by atoms with Crippen LogP contribution in [0.3, 0.4) is 0 Å². The molecule has 0 saturated carbocycles. The van der Waals surface area contributed by atoms with Crippen LogP contribution in [-0.2, 0) is 0 Å². The Balaban J connectivity index is 1.92. The smallest absolute Gasteiger partial charge is 0.119 e. The second-order valence-electron chi connectivity index (χ2n) is 5.96. The molecule has 0 spiro atoms. The zero-order valence-electron chi connectivity index (χ0n) is 14.3. The van der Waals surface area contributed by atoms with E-state index < -0.39 is 6.10 Å². The van der Waals surface area contributed by atoms with Crippen LogP contribution in [0.15, 0.2) is 54.6 Å². The van der Waals surface area contributed by atoms with Gasteiger partial charge in [-0.15, -0.1) is 0 Å². The predicted octanol–water partition coefficient (Wildman–Crippen LogP) is 4.42. The molecule has 2 rings (SSSR count). The van der Waals surface area contributed by atoms with Gasteiger partial charge in [-0.1, -0.05) is 30.3 Å². The van der Waals surface area contributed by atoms with Crippen LogP contribution in [0.2, 0.25) is 0 Å². The fraction of sp³-hybridized carbons (Fsp3) is 0.400. The van der Waals surface area contributed by atoms with E-state index in [9.17, 15) is 5.11 Å². The summed E-state index contributed by atoms with van der Waals surface area (Å²) in [7, 11) is 0. The second-order valence-corrected chi connectivity index (χ2v) is 5.96. The van der Waals surface area contributed by atoms with Gasteiger partial charge < -0.3 is 14.7 Å². The summed E-state index contributed by atoms with van der Waals surface area (Å²) in [5.74, 6) is 0.843. The minimum atomic E-state index is -0.458. The third-order valence-electron chi connectivity index (χ3n) is 3.81. The molecule has 0 saturated heterocycles. The Morgan fingerprint density at radius 1 is 1.00 bits per heavy atom. The minimum Gasteiger partial charge on any atom is -0.491 e. The number of para-hydroxylation sites is 1. The molecule has 0 amide bonds. The summed E-state index contributed by atoms with van der Waals surface area (Å²) in [5, 5.41) is 10.4. The van der Waals surface area contributed by atoms with Gasteiger partial charge in [-0.25, -0.2) is 0 Å². The lowest BCUT2D eigenvalue weighted by Gasteiger charge is -2.24. The summed E-state index contributed by atoms with van der Waals surface area (Å²) in [6.07, 6.45) is 0.406. The van der Waals surface area contributed by atoms with Crippen LogP contribution >= 0.6 is 0 Å². The van der Waals surface area contributed by atoms with Crippen LogP contribution in [0, 0.1) is 0 Å². The van der Waals surface area contributed by atoms with Gasteiger partial charge in [0.2, 0.25) is 0 Å². The first kappa shape index (κ1) is 17.4. The molecular formula is C20H27NO2. The van der Waals surface area contributed by atoms with Crippen molar-refractivity contribution in [3.63, 3.8) is 0 Å². The zero-order valence-corrected chi connectivity index (χ0v) is 14.3. The maximum atomic E-state index is 10.4. The largest absolute Gasteiger partial charge is 0.491 e. The van der Waals surface area contributed by atoms with Crippen LogP contribution in [0.25, 0.3) is 0 Å². The van der Waals surface area contributed by atoms with Gasteiger partial charge in [0.1, 0.15) is 5.75 Å². The zero-order chi connectivity index (χ0) is 16.7. The molecule has 0 radical (unpaired) electrons. The highest BCUT2D eigenvalue weighted by Crippen LogP contribution is 2.22. The lowest BCUT2D eigenvalue weighted by Crippen LogP contribution is -2.25. The number of nitrogens with zero attached hydrogens (tertiary/aromatic N) is 1. The standard InChI is InChI=1S/C20H27NO2/c1-4-21(18-8-6-5-7-9-18)15-14-20(22)17-10-12-19(13-11-17)23-16(2)3/h5-13,16,20,22H,4,14-15H2,1-3H3. The van der Waals surface area contributed by atoms with Crippen LogP contribution in [0.1, 0.15) is 38.9 Å². The van der Waals surface area contributed by atoms with E-state index in [-0.39, 0.29) is 6.10 Å². The van der Waals surface area contributed by atoms with Crippen molar-refractivity contribution in [1.29, 1.82) is 0 Å². The van der Waals surface area contributed by atoms with Crippen molar-refractivity contribution in [2.24, 2.45) is 0 Å². The van der Waals surface area contributed by atoms with Gasteiger partial charge >= 0.3 is 0 Å². The molecule has 3 nitrogen and oxygen atoms in total. The minimum absolute atomic E-state index is 0.162. The SMILES string of the molecule is CCN(CCC(O)c1ccc(OC(C)C)cc1)c1ccccc1. The van der Waals surface area contributed by atoms with Crippen LogP contribution < -0.4 is 9.64 Å². The van der Waals surface area contributed by atoms with Gasteiger partial charge in [-0.05, 0) is 57.0 Å². The van der Waals surface area contributed by atoms with Crippen molar-refractivity contribution in [1.82, 2.24) is 0 Å². The highest BCUT2D eigenvalue weighted by atomic mass is 16.5. The van der Waals surface area contributed by atoms with Crippen LogP contribution in [-0.4, -0.2) is 24.3 Å². The Labute approximate surface area is 139 Å². The van der Waals surface area contributed by atoms with Crippen molar-refractivity contribution in [2.45, 2.75) is 39.4 Å². The van der Waals surface area contributed by atoms with Crippen molar-refractivity contribution in [3.05, 3.63) is 60.2 Å². The number of hydrogen-bond donors (Lipinski definition) is 1. The monoisotopic (exact) mass is 313 g/mol. The van der Waals surface area contributed by atoms with Crippen molar-refractivity contribution in [3.8, 4) is 5.75 Å². The van der Waals surface area contributed by atoms with E-state index in [4.69, 9.17) is 4.74 Å². The Bertz CT molecular complexity index is 566. The number of benzene rings is 2. The fourth-order valence-corrected chi connectivity index (χ4v) is 2.59. The van der Waals surface area contributed by atoms with Crippen molar-refractivity contribution < 1.29 is 9.84 Å². The predicted molar refractivity (Wildman–Crippen MR) is 96.1 cm³/mol. The van der Waals surface area contributed by atoms with Gasteiger partial charge in [0, 0.05) is 18.8 Å². The number of aliphatic hydroxyl groups excluding tert-OH is 1. The Morgan fingerprint density at radius 2 is 1.65 bits per heavy atom. The molecule has 0 bridgehead atoms. The molecule has 1 atom stereocenters. The third-order valence-corrected chi connectivity index (χ3v) is 3.81. The normalized spacial score (nSPS) is 12.2. The Hall–Kier alpha value is -2.00. The highest BCUT2D eigenvalue weighted by Gasteiger charge is 2.11. The lowest BCUT2D eigenvalue weighted by molar-refractivity contribution is 0.169. The third kappa shape index (κ3) is 5.29. The molecule has 124 valence electrons. The highest BCUT2D eigenvalue weighted by molar-refractivity contribution is 5.45. The average molecular weight is 313 g/mol. The molecular weight excluding hydrogens is 286 g/mol. The summed E-state index contributed by atoms with van der Waals surface area (Å²) in [6, 6.07) is 18.1. The molecule has 3 heteroatoms. The van der Waals surface area contributed by atoms with Crippen molar-refractivity contribution in [2.75, 3.05) is 18.0 Å². The first-order valence-corrected chi connectivity index (χ1v) is 8.34. The van der Waals surface area contributed by atoms with Gasteiger partial charge in [-0.3, -0.25) is 0 Å². The maximum absolute atomic E-state index is 10.4. The second kappa shape index (κ2) is 8.59. The summed E-state index contributed by atoms with van der Waals surface area (Å²) < 4.78 is 5.63. The number of rotatable bonds is 8. The van der Waals surface area contributed by atoms with Gasteiger partial charge in [0.05, 0.1) is 12.2 Å². The number of aliphatic hydroxyl groups is 1. The quantitative estimate of drug-likeness (QED) is 0.783. The molecule has 0 aliphatic carbocycles. The van der Waals surface area contributed by atoms with E-state index >= 15 is 0 Å². The van der Waals surface area contributed by atoms with E-state index in [0.29, 0.717) is 6.42 Å². The summed E-state index contributed by atoms with van der Waals surface area (Å²) >= 11 is 0. The molecule has 0 aromatic heterocycles. The van der Waals surface area contributed by atoms with Crippen LogP contribution in [0.4, 0.5) is 5.69 Å². The molecule has 1 unspecified atom stereocenters. The topological polar surface area (TPSA) is 32.7 Å². The van der Waals surface area contributed by atoms with E-state index in [1.165, 1.54) is 5.69 Å². The van der Waals surface area contributed by atoms with Crippen LogP contribution in [0.5, 0.6) is 5.75 Å². The molecule has 0 aliphatic rings. The number of anilines is 1. The molecule has 1 N–H and O–H groups in total. The number of ether oxygens (including phenoxy) is 1. The van der Waals surface area contributed by atoms with Gasteiger partial charge in [0.25, 0.3) is 0 Å². The molecule has 0 heterocycles. The maximum Gasteiger partial charge on any atom is 0.119 e. The van der Waals surface area contributed by atoms with Gasteiger partial charge in [0.15, 0.2) is 0 Å². The summed E-state index contributed by atoms with van der Waals surface area (Å²) in [4.78, 5) is 2.28. The lowest BCUT2D eigenvalue weighted by atomic mass is 10.1. The Kier molecular flexibility index (Phi) is 6.48.